The van der Waals surface area contributed by atoms with Crippen molar-refractivity contribution < 1.29 is 19.1 Å². The van der Waals surface area contributed by atoms with E-state index in [9.17, 15) is 9.59 Å². The van der Waals surface area contributed by atoms with Gasteiger partial charge in [-0.2, -0.15) is 0 Å². The highest BCUT2D eigenvalue weighted by molar-refractivity contribution is 7.96. The van der Waals surface area contributed by atoms with Crippen molar-refractivity contribution >= 4 is 58.4 Å². The maximum absolute atomic E-state index is 11.3. The Morgan fingerprint density at radius 2 is 1.06 bits per heavy atom. The Balaban J connectivity index is 2.15. The van der Waals surface area contributed by atoms with Crippen LogP contribution in [0.2, 0.25) is 0 Å². The summed E-state index contributed by atoms with van der Waals surface area (Å²) in [4.78, 5) is 28.0. The minimum Gasteiger partial charge on any atom is -0.441 e. The summed E-state index contributed by atoms with van der Waals surface area (Å²) >= 11 is 9.40. The highest BCUT2D eigenvalue weighted by atomic mass is 32.1. The van der Waals surface area contributed by atoms with Crippen molar-refractivity contribution in [2.45, 2.75) is 13.8 Å². The fourth-order valence-electron chi connectivity index (χ4n) is 3.03. The van der Waals surface area contributed by atoms with E-state index in [1.165, 1.54) is 0 Å². The van der Waals surface area contributed by atoms with Crippen molar-refractivity contribution in [1.82, 2.24) is 0 Å². The van der Waals surface area contributed by atoms with E-state index in [0.717, 1.165) is 44.5 Å². The zero-order chi connectivity index (χ0) is 25.1. The van der Waals surface area contributed by atoms with Gasteiger partial charge in [-0.05, 0) is 49.2 Å². The van der Waals surface area contributed by atoms with E-state index in [4.69, 9.17) is 34.7 Å². The summed E-state index contributed by atoms with van der Waals surface area (Å²) in [5.74, 6) is -0.914. The molecule has 0 radical (unpaired) electrons. The van der Waals surface area contributed by atoms with Gasteiger partial charge in [-0.3, -0.25) is 0 Å². The van der Waals surface area contributed by atoms with Gasteiger partial charge in [0.25, 0.3) is 0 Å². The fourth-order valence-corrected chi connectivity index (χ4v) is 3.59. The molecule has 0 fully saturated rings. The third kappa shape index (κ3) is 7.46. The van der Waals surface area contributed by atoms with Crippen LogP contribution in [0.1, 0.15) is 25.0 Å². The Morgan fingerprint density at radius 3 is 1.32 bits per heavy atom. The average molecular weight is 499 g/mol. The molecule has 0 amide bonds. The molecule has 0 N–H and O–H groups in total. The van der Waals surface area contributed by atoms with Gasteiger partial charge < -0.3 is 19.3 Å². The molecule has 0 atom stereocenters. The molecule has 0 saturated carbocycles. The van der Waals surface area contributed by atoms with E-state index in [2.05, 4.69) is 13.2 Å². The summed E-state index contributed by atoms with van der Waals surface area (Å²) in [6.45, 7) is 12.4. The molecule has 8 heteroatoms. The second-order valence-corrected chi connectivity index (χ2v) is 7.99. The summed E-state index contributed by atoms with van der Waals surface area (Å²) < 4.78 is 10.3. The maximum atomic E-state index is 11.3. The van der Waals surface area contributed by atoms with Gasteiger partial charge in [0.15, 0.2) is 13.5 Å². The minimum absolute atomic E-state index is 0.149. The second kappa shape index (κ2) is 13.6. The molecule has 2 rings (SSSR count). The summed E-state index contributed by atoms with van der Waals surface area (Å²) in [6, 6.07) is 15.6. The molecular weight excluding hydrogens is 468 g/mol. The summed E-state index contributed by atoms with van der Waals surface area (Å²) in [7, 11) is 0. The van der Waals surface area contributed by atoms with E-state index in [0.29, 0.717) is 13.1 Å². The Bertz CT molecular complexity index is 950. The largest absolute Gasteiger partial charge is 0.441 e. The number of rotatable bonds is 12. The minimum atomic E-state index is -0.457. The van der Waals surface area contributed by atoms with Crippen molar-refractivity contribution in [3.8, 4) is 0 Å². The van der Waals surface area contributed by atoms with Gasteiger partial charge in [-0.25, -0.2) is 9.59 Å². The van der Waals surface area contributed by atoms with Gasteiger partial charge in [-0.1, -0.05) is 37.4 Å². The molecule has 0 aliphatic rings. The highest BCUT2D eigenvalue weighted by Gasteiger charge is 2.11. The van der Waals surface area contributed by atoms with Crippen molar-refractivity contribution in [1.29, 1.82) is 0 Å². The van der Waals surface area contributed by atoms with Crippen LogP contribution in [0, 0.1) is 0 Å². The van der Waals surface area contributed by atoms with E-state index in [1.807, 2.05) is 72.2 Å². The van der Waals surface area contributed by atoms with Crippen LogP contribution >= 0.6 is 25.3 Å². The zero-order valence-electron chi connectivity index (χ0n) is 19.4. The number of nitrogens with zero attached hydrogens (tertiary/aromatic N) is 2. The quantitative estimate of drug-likeness (QED) is 0.134. The molecule has 0 saturated heterocycles. The molecule has 2 aromatic rings. The van der Waals surface area contributed by atoms with Gasteiger partial charge in [0.05, 0.1) is 0 Å². The number of carbonyl (C=O) groups is 2. The van der Waals surface area contributed by atoms with Crippen LogP contribution in [0.3, 0.4) is 0 Å². The Hall–Kier alpha value is -3.10. The van der Waals surface area contributed by atoms with E-state index < -0.39 is 11.9 Å². The van der Waals surface area contributed by atoms with Crippen LogP contribution in [-0.4, -0.2) is 38.5 Å². The number of hydrogen-bond donors (Lipinski definition) is 2. The van der Waals surface area contributed by atoms with Gasteiger partial charge in [0.2, 0.25) is 0 Å². The van der Waals surface area contributed by atoms with Crippen LogP contribution in [0.4, 0.5) is 11.4 Å². The molecule has 0 unspecified atom stereocenters. The summed E-state index contributed by atoms with van der Waals surface area (Å²) in [5, 5.41) is 0. The number of ether oxygens (including phenoxy) is 2. The Kier molecular flexibility index (Phi) is 10.8. The first-order valence-electron chi connectivity index (χ1n) is 10.8. The first kappa shape index (κ1) is 27.1. The molecule has 0 aliphatic heterocycles. The molecule has 0 heterocycles. The molecule has 2 aromatic carbocycles. The Labute approximate surface area is 212 Å². The topological polar surface area (TPSA) is 59.1 Å². The molecular formula is C26H30N2O4S2. The van der Waals surface area contributed by atoms with Crippen LogP contribution in [-0.2, 0) is 19.1 Å². The third-order valence-electron chi connectivity index (χ3n) is 5.06. The number of carbonyl (C=O) groups excluding carboxylic acids is 2. The average Bonchev–Trinajstić information content (AvgIpc) is 2.88. The predicted molar refractivity (Wildman–Crippen MR) is 146 cm³/mol. The third-order valence-corrected chi connectivity index (χ3v) is 6.20. The molecule has 6 nitrogen and oxygen atoms in total. The molecule has 34 heavy (non-hydrogen) atoms. The fraction of sp³-hybridized carbons (Fsp3) is 0.231. The number of thiol groups is 2. The van der Waals surface area contributed by atoms with E-state index in [-0.39, 0.29) is 13.5 Å². The lowest BCUT2D eigenvalue weighted by atomic mass is 10.1. The molecule has 180 valence electrons. The molecule has 0 spiro atoms. The normalized spacial score (nSPS) is 11.2. The number of esters is 2. The van der Waals surface area contributed by atoms with Crippen molar-refractivity contribution in [2.75, 3.05) is 36.4 Å². The highest BCUT2D eigenvalue weighted by Crippen LogP contribution is 2.33. The van der Waals surface area contributed by atoms with Crippen LogP contribution in [0.25, 0.3) is 9.81 Å². The number of benzene rings is 2. The first-order chi connectivity index (χ1) is 16.3. The van der Waals surface area contributed by atoms with Crippen LogP contribution < -0.4 is 9.80 Å². The summed E-state index contributed by atoms with van der Waals surface area (Å²) in [5.41, 5.74) is 3.66. The van der Waals surface area contributed by atoms with E-state index >= 15 is 0 Å². The monoisotopic (exact) mass is 498 g/mol. The molecule has 0 bridgehead atoms. The van der Waals surface area contributed by atoms with Crippen molar-refractivity contribution in [2.24, 2.45) is 0 Å². The number of anilines is 2. The van der Waals surface area contributed by atoms with E-state index in [1.54, 1.807) is 0 Å². The first-order valence-corrected chi connectivity index (χ1v) is 11.6. The van der Waals surface area contributed by atoms with Gasteiger partial charge >= 0.3 is 11.9 Å². The lowest BCUT2D eigenvalue weighted by molar-refractivity contribution is -0.138. The SMILES string of the molecule is C=CC(=O)OCN(CC)c1ccc(C(S)=C(S)c2ccc(N(CC)COC(=O)C=C)cc2)cc1. The lowest BCUT2D eigenvalue weighted by Gasteiger charge is -2.23. The van der Waals surface area contributed by atoms with Crippen LogP contribution in [0.15, 0.2) is 73.8 Å². The Morgan fingerprint density at radius 1 is 0.735 bits per heavy atom. The lowest BCUT2D eigenvalue weighted by Crippen LogP contribution is -2.27. The van der Waals surface area contributed by atoms with Crippen LogP contribution in [0.5, 0.6) is 0 Å². The van der Waals surface area contributed by atoms with Crippen molar-refractivity contribution in [3.05, 3.63) is 85.0 Å². The zero-order valence-corrected chi connectivity index (χ0v) is 21.2. The number of hydrogen-bond acceptors (Lipinski definition) is 8. The predicted octanol–water partition coefficient (Wildman–Crippen LogP) is 5.40. The smallest absolute Gasteiger partial charge is 0.331 e. The standard InChI is InChI=1S/C26H30N2O4S2/c1-5-23(29)31-17-27(7-3)21-13-9-19(10-14-21)25(33)26(34)20-11-15-22(16-12-20)28(8-4)18-32-24(30)6-2/h5-6,9-16,33-34H,1-2,7-8,17-18H2,3-4H3. The summed E-state index contributed by atoms with van der Waals surface area (Å²) in [6.07, 6.45) is 2.29. The maximum Gasteiger partial charge on any atom is 0.331 e. The van der Waals surface area contributed by atoms with Crippen molar-refractivity contribution in [3.63, 3.8) is 0 Å². The van der Waals surface area contributed by atoms with Gasteiger partial charge in [0.1, 0.15) is 0 Å². The van der Waals surface area contributed by atoms with Gasteiger partial charge in [0, 0.05) is 46.4 Å². The second-order valence-electron chi connectivity index (χ2n) is 7.10. The molecule has 0 aliphatic carbocycles. The van der Waals surface area contributed by atoms with Gasteiger partial charge in [-0.15, -0.1) is 25.3 Å². The molecule has 0 aromatic heterocycles.